The highest BCUT2D eigenvalue weighted by Gasteiger charge is 2.31. The molecule has 0 N–H and O–H groups in total. The highest BCUT2D eigenvalue weighted by molar-refractivity contribution is 8.22. The maximum Gasteiger partial charge on any atom is 0.152 e. The molecule has 6 heteroatoms. The lowest BCUT2D eigenvalue weighted by molar-refractivity contribution is 0.409. The number of nitrogens with zero attached hydrogens (tertiary/aromatic N) is 1. The first-order valence-corrected chi connectivity index (χ1v) is 7.43. The van der Waals surface area contributed by atoms with Crippen molar-refractivity contribution in [3.63, 3.8) is 0 Å². The highest BCUT2D eigenvalue weighted by Crippen LogP contribution is 2.19. The van der Waals surface area contributed by atoms with Crippen molar-refractivity contribution in [1.82, 2.24) is 4.90 Å². The van der Waals surface area contributed by atoms with Crippen LogP contribution in [0.2, 0.25) is 0 Å². The molecule has 1 aliphatic rings. The normalized spacial score (nSPS) is 25.8. The number of thiocarbonyl (C=S) groups is 1. The summed E-state index contributed by atoms with van der Waals surface area (Å²) in [4.78, 5) is 1.89. The van der Waals surface area contributed by atoms with Crippen molar-refractivity contribution in [2.24, 2.45) is 0 Å². The molecule has 1 rings (SSSR count). The summed E-state index contributed by atoms with van der Waals surface area (Å²) in [5.41, 5.74) is 0. The highest BCUT2D eigenvalue weighted by atomic mass is 32.2. The van der Waals surface area contributed by atoms with Crippen LogP contribution in [0.25, 0.3) is 0 Å². The van der Waals surface area contributed by atoms with Gasteiger partial charge in [0.1, 0.15) is 4.32 Å². The Hall–Kier alpha value is 0.190. The molecule has 3 nitrogen and oxygen atoms in total. The van der Waals surface area contributed by atoms with Gasteiger partial charge in [-0.15, -0.1) is 11.8 Å². The van der Waals surface area contributed by atoms with Crippen LogP contribution in [0.15, 0.2) is 0 Å². The van der Waals surface area contributed by atoms with E-state index in [2.05, 4.69) is 0 Å². The molecule has 0 aliphatic carbocycles. The molecule has 1 atom stereocenters. The van der Waals surface area contributed by atoms with Crippen molar-refractivity contribution in [2.45, 2.75) is 12.5 Å². The third-order valence-corrected chi connectivity index (χ3v) is 5.39. The Kier molecular flexibility index (Phi) is 3.59. The third-order valence-electron chi connectivity index (χ3n) is 2.22. The number of thioether (sulfide) groups is 1. The minimum atomic E-state index is -2.79. The Bertz CT molecular complexity index is 299. The number of hydrogen-bond acceptors (Lipinski definition) is 4. The molecule has 1 saturated heterocycles. The SMILES string of the molecule is CSC(=S)N(C)[C@@H]1CCS(=O)(=O)C1. The molecule has 76 valence electrons. The van der Waals surface area contributed by atoms with Crippen molar-refractivity contribution >= 4 is 38.1 Å². The molecular weight excluding hydrogens is 226 g/mol. The molecular formula is C7H13NO2S3. The second kappa shape index (κ2) is 4.14. The van der Waals surface area contributed by atoms with E-state index in [0.717, 1.165) is 4.32 Å². The van der Waals surface area contributed by atoms with E-state index in [0.29, 0.717) is 12.2 Å². The Labute approximate surface area is 88.8 Å². The van der Waals surface area contributed by atoms with Crippen LogP contribution in [-0.2, 0) is 9.84 Å². The van der Waals surface area contributed by atoms with E-state index in [4.69, 9.17) is 12.2 Å². The minimum absolute atomic E-state index is 0.0879. The van der Waals surface area contributed by atoms with E-state index < -0.39 is 9.84 Å². The standard InChI is InChI=1S/C7H13NO2S3/c1-8(7(11)12-2)6-3-4-13(9,10)5-6/h6H,3-5H2,1-2H3/t6-/m1/s1. The molecule has 0 radical (unpaired) electrons. The fourth-order valence-electron chi connectivity index (χ4n) is 1.37. The molecule has 0 spiro atoms. The summed E-state index contributed by atoms with van der Waals surface area (Å²) in [5.74, 6) is 0.559. The smallest absolute Gasteiger partial charge is 0.152 e. The molecule has 0 unspecified atom stereocenters. The van der Waals surface area contributed by atoms with Crippen LogP contribution in [0, 0.1) is 0 Å². The summed E-state index contributed by atoms with van der Waals surface area (Å²) >= 11 is 6.57. The van der Waals surface area contributed by atoms with Gasteiger partial charge in [0.15, 0.2) is 9.84 Å². The van der Waals surface area contributed by atoms with Crippen molar-refractivity contribution < 1.29 is 8.42 Å². The molecule has 0 bridgehead atoms. The third kappa shape index (κ3) is 2.82. The van der Waals surface area contributed by atoms with Gasteiger partial charge in [-0.25, -0.2) is 8.42 Å². The Morgan fingerprint density at radius 2 is 2.23 bits per heavy atom. The lowest BCUT2D eigenvalue weighted by Gasteiger charge is -2.24. The number of sulfone groups is 1. The van der Waals surface area contributed by atoms with Crippen LogP contribution in [0.4, 0.5) is 0 Å². The van der Waals surface area contributed by atoms with Crippen LogP contribution >= 0.6 is 24.0 Å². The number of hydrogen-bond donors (Lipinski definition) is 0. The molecule has 0 aromatic heterocycles. The average Bonchev–Trinajstić information content (AvgIpc) is 2.43. The summed E-state index contributed by atoms with van der Waals surface area (Å²) in [6, 6.07) is 0.0879. The Balaban J connectivity index is 2.61. The first kappa shape index (κ1) is 11.3. The molecule has 0 saturated carbocycles. The van der Waals surface area contributed by atoms with Crippen LogP contribution < -0.4 is 0 Å². The minimum Gasteiger partial charge on any atom is -0.357 e. The van der Waals surface area contributed by atoms with Crippen LogP contribution in [0.3, 0.4) is 0 Å². The second-order valence-electron chi connectivity index (χ2n) is 3.14. The van der Waals surface area contributed by atoms with Gasteiger partial charge in [-0.2, -0.15) is 0 Å². The molecule has 0 aromatic carbocycles. The molecule has 1 fully saturated rings. The van der Waals surface area contributed by atoms with Gasteiger partial charge in [0.05, 0.1) is 11.5 Å². The summed E-state index contributed by atoms with van der Waals surface area (Å²) in [6.07, 6.45) is 2.61. The van der Waals surface area contributed by atoms with Crippen molar-refractivity contribution in [1.29, 1.82) is 0 Å². The van der Waals surface area contributed by atoms with Crippen LogP contribution in [-0.4, -0.2) is 48.5 Å². The fourth-order valence-corrected chi connectivity index (χ4v) is 3.73. The zero-order valence-electron chi connectivity index (χ0n) is 7.69. The van der Waals surface area contributed by atoms with Crippen molar-refractivity contribution in [2.75, 3.05) is 24.8 Å². The summed E-state index contributed by atoms with van der Waals surface area (Å²) in [7, 11) is -0.927. The second-order valence-corrected chi connectivity index (χ2v) is 6.81. The van der Waals surface area contributed by atoms with Gasteiger partial charge in [0.25, 0.3) is 0 Å². The van der Waals surface area contributed by atoms with E-state index in [9.17, 15) is 8.42 Å². The predicted octanol–water partition coefficient (Wildman–Crippen LogP) is 0.753. The first-order valence-electron chi connectivity index (χ1n) is 3.97. The van der Waals surface area contributed by atoms with Crippen LogP contribution in [0.5, 0.6) is 0 Å². The summed E-state index contributed by atoms with van der Waals surface area (Å²) in [6.45, 7) is 0. The van der Waals surface area contributed by atoms with Gasteiger partial charge in [0.2, 0.25) is 0 Å². The largest absolute Gasteiger partial charge is 0.357 e. The van der Waals surface area contributed by atoms with E-state index in [1.165, 1.54) is 11.8 Å². The quantitative estimate of drug-likeness (QED) is 0.631. The lowest BCUT2D eigenvalue weighted by atomic mass is 10.2. The average molecular weight is 239 g/mol. The van der Waals surface area contributed by atoms with Gasteiger partial charge in [-0.3, -0.25) is 0 Å². The van der Waals surface area contributed by atoms with Gasteiger partial charge in [0, 0.05) is 13.1 Å². The Morgan fingerprint density at radius 3 is 2.62 bits per heavy atom. The predicted molar refractivity (Wildman–Crippen MR) is 60.9 cm³/mol. The fraction of sp³-hybridized carbons (Fsp3) is 0.857. The lowest BCUT2D eigenvalue weighted by Crippen LogP contribution is -2.35. The van der Waals surface area contributed by atoms with E-state index in [-0.39, 0.29) is 11.8 Å². The van der Waals surface area contributed by atoms with E-state index in [1.54, 1.807) is 0 Å². The number of rotatable bonds is 1. The Morgan fingerprint density at radius 1 is 1.62 bits per heavy atom. The molecule has 1 aliphatic heterocycles. The first-order chi connectivity index (χ1) is 5.96. The van der Waals surface area contributed by atoms with Gasteiger partial charge in [-0.05, 0) is 12.7 Å². The molecule has 1 heterocycles. The van der Waals surface area contributed by atoms with E-state index >= 15 is 0 Å². The zero-order chi connectivity index (χ0) is 10.1. The van der Waals surface area contributed by atoms with Crippen molar-refractivity contribution in [3.05, 3.63) is 0 Å². The maximum atomic E-state index is 11.2. The van der Waals surface area contributed by atoms with Crippen molar-refractivity contribution in [3.8, 4) is 0 Å². The summed E-state index contributed by atoms with van der Waals surface area (Å²) in [5, 5.41) is 0. The topological polar surface area (TPSA) is 37.4 Å². The van der Waals surface area contributed by atoms with Gasteiger partial charge in [-0.1, -0.05) is 12.2 Å². The van der Waals surface area contributed by atoms with Crippen LogP contribution in [0.1, 0.15) is 6.42 Å². The van der Waals surface area contributed by atoms with Gasteiger partial charge < -0.3 is 4.90 Å². The molecule has 0 aromatic rings. The monoisotopic (exact) mass is 239 g/mol. The van der Waals surface area contributed by atoms with E-state index in [1.807, 2.05) is 18.2 Å². The molecule has 0 amide bonds. The zero-order valence-corrected chi connectivity index (χ0v) is 10.1. The maximum absolute atomic E-state index is 11.2. The molecule has 13 heavy (non-hydrogen) atoms. The van der Waals surface area contributed by atoms with Gasteiger partial charge >= 0.3 is 0 Å². The summed E-state index contributed by atoms with van der Waals surface area (Å²) < 4.78 is 23.1.